The molecule has 1 saturated heterocycles. The lowest BCUT2D eigenvalue weighted by Crippen LogP contribution is -2.42. The van der Waals surface area contributed by atoms with Crippen LogP contribution in [0.25, 0.3) is 0 Å². The Morgan fingerprint density at radius 2 is 1.78 bits per heavy atom. The van der Waals surface area contributed by atoms with Crippen molar-refractivity contribution in [1.29, 1.82) is 0 Å². The summed E-state index contributed by atoms with van der Waals surface area (Å²) in [5.41, 5.74) is 1.02. The molecule has 2 heterocycles. The molecule has 0 radical (unpaired) electrons. The Kier molecular flexibility index (Phi) is 6.25. The van der Waals surface area contributed by atoms with Crippen LogP contribution in [0, 0.1) is 19.8 Å². The van der Waals surface area contributed by atoms with Gasteiger partial charge in [0.25, 0.3) is 0 Å². The summed E-state index contributed by atoms with van der Waals surface area (Å²) in [6.45, 7) is 6.82. The van der Waals surface area contributed by atoms with Crippen LogP contribution in [0.4, 0.5) is 0 Å². The standard InChI is InChI=1S/C19H32N4O3S/c1-14-9-5-6-10-17(14)20-18(24)13-23-16(3)19(15(2)21-23)27(25,26)22-11-7-4-8-12-22/h14,17H,4-13H2,1-3H3,(H,20,24)/t14-,17-/m1/s1. The second-order valence-corrected chi connectivity index (χ2v) is 9.93. The molecule has 0 aromatic carbocycles. The van der Waals surface area contributed by atoms with Gasteiger partial charge < -0.3 is 5.32 Å². The van der Waals surface area contributed by atoms with E-state index in [-0.39, 0.29) is 23.4 Å². The van der Waals surface area contributed by atoms with E-state index in [0.717, 1.165) is 38.5 Å². The maximum atomic E-state index is 13.1. The predicted octanol–water partition coefficient (Wildman–Crippen LogP) is 2.37. The number of hydrogen-bond acceptors (Lipinski definition) is 4. The van der Waals surface area contributed by atoms with Gasteiger partial charge in [0.2, 0.25) is 15.9 Å². The van der Waals surface area contributed by atoms with Crippen LogP contribution in [0.1, 0.15) is 63.3 Å². The van der Waals surface area contributed by atoms with Crippen LogP contribution in [0.5, 0.6) is 0 Å². The third kappa shape index (κ3) is 4.37. The highest BCUT2D eigenvalue weighted by Gasteiger charge is 2.32. The number of carbonyl (C=O) groups is 1. The van der Waals surface area contributed by atoms with Crippen LogP contribution >= 0.6 is 0 Å². The zero-order chi connectivity index (χ0) is 19.6. The summed E-state index contributed by atoms with van der Waals surface area (Å²) >= 11 is 0. The Hall–Kier alpha value is -1.41. The second-order valence-electron chi connectivity index (χ2n) is 8.06. The molecule has 1 aromatic heterocycles. The third-order valence-electron chi connectivity index (χ3n) is 5.98. The highest BCUT2D eigenvalue weighted by Crippen LogP contribution is 2.26. The molecule has 1 amide bonds. The van der Waals surface area contributed by atoms with Crippen molar-refractivity contribution in [2.75, 3.05) is 13.1 Å². The fourth-order valence-corrected chi connectivity index (χ4v) is 6.25. The van der Waals surface area contributed by atoms with Crippen LogP contribution in [0.15, 0.2) is 4.90 Å². The van der Waals surface area contributed by atoms with E-state index in [2.05, 4.69) is 17.3 Å². The van der Waals surface area contributed by atoms with Gasteiger partial charge in [-0.1, -0.05) is 26.2 Å². The van der Waals surface area contributed by atoms with Crippen LogP contribution in [0.2, 0.25) is 0 Å². The van der Waals surface area contributed by atoms with Crippen LogP contribution in [-0.4, -0.2) is 47.5 Å². The molecule has 1 aliphatic heterocycles. The Morgan fingerprint density at radius 1 is 1.11 bits per heavy atom. The van der Waals surface area contributed by atoms with Crippen LogP contribution in [-0.2, 0) is 21.4 Å². The van der Waals surface area contributed by atoms with Crippen molar-refractivity contribution >= 4 is 15.9 Å². The highest BCUT2D eigenvalue weighted by molar-refractivity contribution is 7.89. The van der Waals surface area contributed by atoms with Crippen molar-refractivity contribution in [2.45, 2.75) is 83.2 Å². The lowest BCUT2D eigenvalue weighted by atomic mass is 9.86. The number of nitrogens with zero attached hydrogens (tertiary/aromatic N) is 3. The number of aromatic nitrogens is 2. The minimum absolute atomic E-state index is 0.0609. The number of nitrogens with one attached hydrogen (secondary N) is 1. The summed E-state index contributed by atoms with van der Waals surface area (Å²) in [5, 5.41) is 7.49. The molecule has 2 aliphatic rings. The van der Waals surface area contributed by atoms with Crippen LogP contribution in [0.3, 0.4) is 0 Å². The van der Waals surface area contributed by atoms with Crippen molar-refractivity contribution in [1.82, 2.24) is 19.4 Å². The maximum absolute atomic E-state index is 13.1. The summed E-state index contributed by atoms with van der Waals surface area (Å²) in [4.78, 5) is 12.8. The number of piperidine rings is 1. The topological polar surface area (TPSA) is 84.3 Å². The van der Waals surface area contributed by atoms with Gasteiger partial charge in [-0.25, -0.2) is 8.42 Å². The van der Waals surface area contributed by atoms with E-state index >= 15 is 0 Å². The number of amides is 1. The predicted molar refractivity (Wildman–Crippen MR) is 104 cm³/mol. The van der Waals surface area contributed by atoms with Crippen molar-refractivity contribution in [3.8, 4) is 0 Å². The molecule has 1 aromatic rings. The zero-order valence-corrected chi connectivity index (χ0v) is 17.5. The molecule has 1 saturated carbocycles. The van der Waals surface area contributed by atoms with Gasteiger partial charge in [0.05, 0.1) is 11.4 Å². The number of hydrogen-bond donors (Lipinski definition) is 1. The molecule has 152 valence electrons. The zero-order valence-electron chi connectivity index (χ0n) is 16.7. The Balaban J connectivity index is 1.74. The third-order valence-corrected chi connectivity index (χ3v) is 8.13. The lowest BCUT2D eigenvalue weighted by molar-refractivity contribution is -0.123. The Morgan fingerprint density at radius 3 is 2.44 bits per heavy atom. The largest absolute Gasteiger partial charge is 0.351 e. The van der Waals surface area contributed by atoms with E-state index in [1.165, 1.54) is 11.1 Å². The molecule has 27 heavy (non-hydrogen) atoms. The first-order valence-corrected chi connectivity index (χ1v) is 11.6. The molecule has 0 spiro atoms. The molecule has 7 nitrogen and oxygen atoms in total. The van der Waals surface area contributed by atoms with Gasteiger partial charge in [0, 0.05) is 19.1 Å². The molecule has 8 heteroatoms. The fourth-order valence-electron chi connectivity index (χ4n) is 4.36. The maximum Gasteiger partial charge on any atom is 0.246 e. The van der Waals surface area contributed by atoms with E-state index in [9.17, 15) is 13.2 Å². The summed E-state index contributed by atoms with van der Waals surface area (Å²) in [5.74, 6) is 0.388. The first kappa shape index (κ1) is 20.3. The average Bonchev–Trinajstić information content (AvgIpc) is 2.91. The number of carbonyl (C=O) groups excluding carboxylic acids is 1. The molecule has 2 fully saturated rings. The summed E-state index contributed by atoms with van der Waals surface area (Å²) < 4.78 is 29.2. The Labute approximate surface area is 162 Å². The van der Waals surface area contributed by atoms with E-state index in [0.29, 0.717) is 30.4 Å². The number of rotatable bonds is 5. The molecular formula is C19H32N4O3S. The van der Waals surface area contributed by atoms with Gasteiger partial charge in [0.1, 0.15) is 11.4 Å². The van der Waals surface area contributed by atoms with Gasteiger partial charge in [-0.2, -0.15) is 9.40 Å². The smallest absolute Gasteiger partial charge is 0.246 e. The van der Waals surface area contributed by atoms with E-state index in [1.54, 1.807) is 18.2 Å². The molecule has 0 bridgehead atoms. The van der Waals surface area contributed by atoms with Crippen molar-refractivity contribution in [3.05, 3.63) is 11.4 Å². The monoisotopic (exact) mass is 396 g/mol. The highest BCUT2D eigenvalue weighted by atomic mass is 32.2. The molecule has 1 aliphatic carbocycles. The van der Waals surface area contributed by atoms with Crippen LogP contribution < -0.4 is 5.32 Å². The van der Waals surface area contributed by atoms with Crippen molar-refractivity contribution < 1.29 is 13.2 Å². The van der Waals surface area contributed by atoms with Gasteiger partial charge in [0.15, 0.2) is 0 Å². The average molecular weight is 397 g/mol. The SMILES string of the molecule is Cc1nn(CC(=O)N[C@@H]2CCCC[C@H]2C)c(C)c1S(=O)(=O)N1CCCCC1. The summed E-state index contributed by atoms with van der Waals surface area (Å²) in [7, 11) is -3.56. The van der Waals surface area contributed by atoms with Crippen molar-refractivity contribution in [2.24, 2.45) is 5.92 Å². The van der Waals surface area contributed by atoms with Gasteiger partial charge in [-0.05, 0) is 45.4 Å². The molecule has 0 unspecified atom stereocenters. The minimum Gasteiger partial charge on any atom is -0.351 e. The van der Waals surface area contributed by atoms with E-state index in [4.69, 9.17) is 0 Å². The molecule has 2 atom stereocenters. The first-order chi connectivity index (χ1) is 12.8. The van der Waals surface area contributed by atoms with Gasteiger partial charge in [-0.15, -0.1) is 0 Å². The second kappa shape index (κ2) is 8.31. The Bertz CT molecular complexity index is 781. The minimum atomic E-state index is -3.56. The normalized spacial score (nSPS) is 24.7. The van der Waals surface area contributed by atoms with E-state index in [1.807, 2.05) is 0 Å². The first-order valence-electron chi connectivity index (χ1n) is 10.1. The summed E-state index contributed by atoms with van der Waals surface area (Å²) in [6.07, 6.45) is 7.39. The number of sulfonamides is 1. The van der Waals surface area contributed by atoms with Gasteiger partial charge in [-0.3, -0.25) is 9.48 Å². The van der Waals surface area contributed by atoms with Crippen molar-refractivity contribution in [3.63, 3.8) is 0 Å². The number of aryl methyl sites for hydroxylation is 1. The fraction of sp³-hybridized carbons (Fsp3) is 0.789. The molecular weight excluding hydrogens is 364 g/mol. The lowest BCUT2D eigenvalue weighted by Gasteiger charge is -2.29. The van der Waals surface area contributed by atoms with Gasteiger partial charge >= 0.3 is 0 Å². The molecule has 1 N–H and O–H groups in total. The summed E-state index contributed by atoms with van der Waals surface area (Å²) in [6, 6.07) is 0.208. The van der Waals surface area contributed by atoms with E-state index < -0.39 is 10.0 Å². The quantitative estimate of drug-likeness (QED) is 0.828. The molecule has 3 rings (SSSR count).